The third-order valence-corrected chi connectivity index (χ3v) is 5.50. The summed E-state index contributed by atoms with van der Waals surface area (Å²) in [4.78, 5) is 2.73. The first-order chi connectivity index (χ1) is 9.62. The molecule has 0 bridgehead atoms. The Hall–Kier alpha value is -0.860. The van der Waals surface area contributed by atoms with Gasteiger partial charge in [0, 0.05) is 31.2 Å². The van der Waals surface area contributed by atoms with E-state index < -0.39 is 0 Å². The van der Waals surface area contributed by atoms with Crippen LogP contribution in [0.15, 0.2) is 24.3 Å². The molecule has 1 saturated heterocycles. The molecular formula is C18H28N2. The molecule has 1 saturated carbocycles. The van der Waals surface area contributed by atoms with Crippen LogP contribution in [0.5, 0.6) is 0 Å². The van der Waals surface area contributed by atoms with Crippen molar-refractivity contribution in [3.8, 4) is 0 Å². The van der Waals surface area contributed by atoms with Crippen LogP contribution in [0, 0.1) is 12.8 Å². The normalized spacial score (nSPS) is 31.4. The van der Waals surface area contributed by atoms with Crippen LogP contribution in [0.3, 0.4) is 0 Å². The first-order valence-corrected chi connectivity index (χ1v) is 8.15. The Morgan fingerprint density at radius 2 is 2.05 bits per heavy atom. The average molecular weight is 272 g/mol. The third kappa shape index (κ3) is 2.77. The van der Waals surface area contributed by atoms with Crippen molar-refractivity contribution >= 4 is 0 Å². The molecule has 0 spiro atoms. The Kier molecular flexibility index (Phi) is 3.87. The van der Waals surface area contributed by atoms with Crippen molar-refractivity contribution in [2.75, 3.05) is 13.1 Å². The summed E-state index contributed by atoms with van der Waals surface area (Å²) >= 11 is 0. The molecule has 3 rings (SSSR count). The van der Waals surface area contributed by atoms with Gasteiger partial charge in [0.15, 0.2) is 0 Å². The zero-order chi connectivity index (χ0) is 14.2. The van der Waals surface area contributed by atoms with Crippen LogP contribution in [-0.4, -0.2) is 29.6 Å². The van der Waals surface area contributed by atoms with Crippen LogP contribution in [0.2, 0.25) is 0 Å². The van der Waals surface area contributed by atoms with Crippen LogP contribution in [0.25, 0.3) is 0 Å². The van der Waals surface area contributed by atoms with Crippen LogP contribution in [0.4, 0.5) is 0 Å². The van der Waals surface area contributed by atoms with Gasteiger partial charge in [-0.3, -0.25) is 4.90 Å². The number of rotatable bonds is 4. The van der Waals surface area contributed by atoms with E-state index in [1.54, 1.807) is 0 Å². The van der Waals surface area contributed by atoms with Crippen LogP contribution in [0.1, 0.15) is 44.2 Å². The molecule has 20 heavy (non-hydrogen) atoms. The van der Waals surface area contributed by atoms with E-state index in [-0.39, 0.29) is 0 Å². The van der Waals surface area contributed by atoms with Crippen molar-refractivity contribution < 1.29 is 0 Å². The Balaban J connectivity index is 1.77. The second kappa shape index (κ2) is 5.50. The highest BCUT2D eigenvalue weighted by Crippen LogP contribution is 2.36. The van der Waals surface area contributed by atoms with Gasteiger partial charge in [-0.25, -0.2) is 0 Å². The SMILES string of the molecule is CCC1(C)CNC(C2CC2)CN1Cc1ccccc1C. The Morgan fingerprint density at radius 3 is 2.70 bits per heavy atom. The molecule has 2 nitrogen and oxygen atoms in total. The fourth-order valence-electron chi connectivity index (χ4n) is 3.40. The van der Waals surface area contributed by atoms with Gasteiger partial charge in [-0.15, -0.1) is 0 Å². The molecule has 1 N–H and O–H groups in total. The molecule has 1 aromatic rings. The average Bonchev–Trinajstić information content (AvgIpc) is 3.28. The summed E-state index contributed by atoms with van der Waals surface area (Å²) in [5, 5.41) is 3.81. The number of piperazine rings is 1. The Morgan fingerprint density at radius 1 is 1.30 bits per heavy atom. The maximum atomic E-state index is 3.81. The number of nitrogens with zero attached hydrogens (tertiary/aromatic N) is 1. The quantitative estimate of drug-likeness (QED) is 0.904. The molecule has 2 atom stereocenters. The van der Waals surface area contributed by atoms with Gasteiger partial charge in [-0.1, -0.05) is 31.2 Å². The zero-order valence-corrected chi connectivity index (χ0v) is 13.2. The summed E-state index contributed by atoms with van der Waals surface area (Å²) in [6.45, 7) is 10.4. The van der Waals surface area contributed by atoms with Gasteiger partial charge in [0.2, 0.25) is 0 Å². The fraction of sp³-hybridized carbons (Fsp3) is 0.667. The lowest BCUT2D eigenvalue weighted by Crippen LogP contribution is -2.63. The number of benzene rings is 1. The molecule has 0 radical (unpaired) electrons. The van der Waals surface area contributed by atoms with Gasteiger partial charge in [-0.05, 0) is 50.2 Å². The van der Waals surface area contributed by atoms with Crippen LogP contribution in [-0.2, 0) is 6.54 Å². The third-order valence-electron chi connectivity index (χ3n) is 5.50. The minimum absolute atomic E-state index is 0.299. The van der Waals surface area contributed by atoms with E-state index in [0.717, 1.165) is 25.0 Å². The summed E-state index contributed by atoms with van der Waals surface area (Å²) in [6.07, 6.45) is 4.07. The van der Waals surface area contributed by atoms with Crippen molar-refractivity contribution in [3.63, 3.8) is 0 Å². The first-order valence-electron chi connectivity index (χ1n) is 8.15. The van der Waals surface area contributed by atoms with Crippen molar-refractivity contribution in [1.29, 1.82) is 0 Å². The minimum atomic E-state index is 0.299. The predicted octanol–water partition coefficient (Wildman–Crippen LogP) is 3.35. The smallest absolute Gasteiger partial charge is 0.0307 e. The minimum Gasteiger partial charge on any atom is -0.311 e. The fourth-order valence-corrected chi connectivity index (χ4v) is 3.40. The van der Waals surface area contributed by atoms with Gasteiger partial charge >= 0.3 is 0 Å². The van der Waals surface area contributed by atoms with Crippen molar-refractivity contribution in [3.05, 3.63) is 35.4 Å². The highest BCUT2D eigenvalue weighted by atomic mass is 15.3. The van der Waals surface area contributed by atoms with Crippen molar-refractivity contribution in [2.45, 2.75) is 58.2 Å². The van der Waals surface area contributed by atoms with E-state index >= 15 is 0 Å². The highest BCUT2D eigenvalue weighted by molar-refractivity contribution is 5.26. The predicted molar refractivity (Wildman–Crippen MR) is 84.8 cm³/mol. The maximum Gasteiger partial charge on any atom is 0.0307 e. The lowest BCUT2D eigenvalue weighted by atomic mass is 9.90. The summed E-state index contributed by atoms with van der Waals surface area (Å²) in [5.41, 5.74) is 3.21. The van der Waals surface area contributed by atoms with Gasteiger partial charge < -0.3 is 5.32 Å². The Bertz CT molecular complexity index is 466. The number of hydrogen-bond acceptors (Lipinski definition) is 2. The number of aryl methyl sites for hydroxylation is 1. The van der Waals surface area contributed by atoms with E-state index in [4.69, 9.17) is 0 Å². The summed E-state index contributed by atoms with van der Waals surface area (Å²) in [6, 6.07) is 9.56. The second-order valence-electron chi connectivity index (χ2n) is 6.98. The standard InChI is InChI=1S/C18H28N2/c1-4-18(3)13-19-17(15-9-10-15)12-20(18)11-16-8-6-5-7-14(16)2/h5-8,15,17,19H,4,9-13H2,1-3H3. The summed E-state index contributed by atoms with van der Waals surface area (Å²) in [5.74, 6) is 0.941. The number of hydrogen-bond donors (Lipinski definition) is 1. The van der Waals surface area contributed by atoms with Gasteiger partial charge in [0.1, 0.15) is 0 Å². The van der Waals surface area contributed by atoms with E-state index in [9.17, 15) is 0 Å². The summed E-state index contributed by atoms with van der Waals surface area (Å²) < 4.78 is 0. The van der Waals surface area contributed by atoms with E-state index in [1.165, 1.54) is 36.9 Å². The molecular weight excluding hydrogens is 244 g/mol. The van der Waals surface area contributed by atoms with E-state index in [2.05, 4.69) is 55.3 Å². The van der Waals surface area contributed by atoms with Crippen LogP contribution < -0.4 is 5.32 Å². The molecule has 0 aromatic heterocycles. The molecule has 0 amide bonds. The molecule has 2 fully saturated rings. The molecule has 1 aliphatic heterocycles. The first kappa shape index (κ1) is 14.1. The molecule has 1 heterocycles. The zero-order valence-electron chi connectivity index (χ0n) is 13.2. The van der Waals surface area contributed by atoms with Crippen molar-refractivity contribution in [1.82, 2.24) is 10.2 Å². The monoisotopic (exact) mass is 272 g/mol. The Labute approximate surface area is 123 Å². The molecule has 2 heteroatoms. The molecule has 1 aliphatic carbocycles. The van der Waals surface area contributed by atoms with Crippen molar-refractivity contribution in [2.24, 2.45) is 5.92 Å². The molecule has 2 unspecified atom stereocenters. The second-order valence-corrected chi connectivity index (χ2v) is 6.98. The molecule has 110 valence electrons. The maximum absolute atomic E-state index is 3.81. The highest BCUT2D eigenvalue weighted by Gasteiger charge is 2.41. The van der Waals surface area contributed by atoms with Gasteiger partial charge in [0.25, 0.3) is 0 Å². The van der Waals surface area contributed by atoms with Gasteiger partial charge in [0.05, 0.1) is 0 Å². The number of nitrogens with one attached hydrogen (secondary N) is 1. The van der Waals surface area contributed by atoms with E-state index in [0.29, 0.717) is 5.54 Å². The van der Waals surface area contributed by atoms with Crippen LogP contribution >= 0.6 is 0 Å². The lowest BCUT2D eigenvalue weighted by molar-refractivity contribution is 0.0368. The topological polar surface area (TPSA) is 15.3 Å². The van der Waals surface area contributed by atoms with E-state index in [1.807, 2.05) is 0 Å². The molecule has 2 aliphatic rings. The largest absolute Gasteiger partial charge is 0.311 e. The molecule has 1 aromatic carbocycles. The lowest BCUT2D eigenvalue weighted by Gasteiger charge is -2.48. The summed E-state index contributed by atoms with van der Waals surface area (Å²) in [7, 11) is 0. The van der Waals surface area contributed by atoms with Gasteiger partial charge in [-0.2, -0.15) is 0 Å².